The summed E-state index contributed by atoms with van der Waals surface area (Å²) >= 11 is 1.45. The van der Waals surface area contributed by atoms with Crippen LogP contribution >= 0.6 is 11.3 Å². The summed E-state index contributed by atoms with van der Waals surface area (Å²) < 4.78 is 26.7. The van der Waals surface area contributed by atoms with E-state index in [4.69, 9.17) is 14.5 Å². The van der Waals surface area contributed by atoms with Crippen LogP contribution in [0.3, 0.4) is 0 Å². The lowest BCUT2D eigenvalue weighted by Gasteiger charge is -2.16. The fourth-order valence-corrected chi connectivity index (χ4v) is 4.73. The summed E-state index contributed by atoms with van der Waals surface area (Å²) in [6.07, 6.45) is 7.35. The molecule has 1 N–H and O–H groups in total. The molecular weight excluding hydrogens is 429 g/mol. The van der Waals surface area contributed by atoms with Crippen molar-refractivity contribution in [3.05, 3.63) is 58.0 Å². The minimum Gasteiger partial charge on any atom is -0.502 e. The maximum atomic E-state index is 14.6. The summed E-state index contributed by atoms with van der Waals surface area (Å²) in [5.41, 5.74) is 1.77. The highest BCUT2D eigenvalue weighted by molar-refractivity contribution is 7.07. The second kappa shape index (κ2) is 9.99. The average Bonchev–Trinajstić information content (AvgIpc) is 3.21. The first kappa shape index (κ1) is 22.1. The van der Waals surface area contributed by atoms with Gasteiger partial charge >= 0.3 is 0 Å². The van der Waals surface area contributed by atoms with Crippen LogP contribution < -0.4 is 14.3 Å². The maximum Gasteiger partial charge on any atom is 0.206 e. The third kappa shape index (κ3) is 4.70. The monoisotopic (exact) mass is 455 g/mol. The highest BCUT2D eigenvalue weighted by Gasteiger charge is 2.16. The van der Waals surface area contributed by atoms with Gasteiger partial charge in [-0.05, 0) is 37.1 Å². The van der Waals surface area contributed by atoms with Crippen molar-refractivity contribution in [2.75, 3.05) is 14.2 Å². The van der Waals surface area contributed by atoms with Crippen molar-refractivity contribution in [2.45, 2.75) is 38.1 Å². The van der Waals surface area contributed by atoms with Gasteiger partial charge in [0.25, 0.3) is 0 Å². The predicted octanol–water partition coefficient (Wildman–Crippen LogP) is 5.19. The minimum atomic E-state index is -0.313. The topological polar surface area (TPSA) is 68.3 Å². The molecule has 32 heavy (non-hydrogen) atoms. The van der Waals surface area contributed by atoms with Gasteiger partial charge in [0.15, 0.2) is 11.5 Å². The van der Waals surface area contributed by atoms with Gasteiger partial charge in [-0.15, -0.1) is 11.3 Å². The van der Waals surface area contributed by atoms with Gasteiger partial charge in [0.05, 0.1) is 32.2 Å². The first-order valence-corrected chi connectivity index (χ1v) is 11.5. The number of thiazole rings is 1. The highest BCUT2D eigenvalue weighted by Crippen LogP contribution is 2.36. The molecule has 1 saturated carbocycles. The molecule has 0 atom stereocenters. The molecule has 168 valence electrons. The van der Waals surface area contributed by atoms with Crippen molar-refractivity contribution >= 4 is 17.6 Å². The van der Waals surface area contributed by atoms with Gasteiger partial charge < -0.3 is 14.6 Å². The molecule has 1 aliphatic rings. The number of hydrogen-bond acceptors (Lipinski definition) is 6. The van der Waals surface area contributed by atoms with Crippen LogP contribution in [0.5, 0.6) is 17.2 Å². The lowest BCUT2D eigenvalue weighted by molar-refractivity contribution is 0.340. The third-order valence-corrected chi connectivity index (χ3v) is 6.36. The average molecular weight is 456 g/mol. The molecule has 0 amide bonds. The number of nitrogens with zero attached hydrogens (tertiary/aromatic N) is 3. The molecule has 3 aromatic rings. The first-order chi connectivity index (χ1) is 15.6. The molecule has 0 radical (unpaired) electrons. The van der Waals surface area contributed by atoms with Gasteiger partial charge in [0.1, 0.15) is 5.82 Å². The molecule has 8 heteroatoms. The Kier molecular flexibility index (Phi) is 6.90. The van der Waals surface area contributed by atoms with E-state index in [2.05, 4.69) is 5.10 Å². The SMILES string of the molecule is COc1cc(C=Nn2c(-c3ccccc3F)csc2=NC2CCCCC2)cc(OC)c1O. The Morgan fingerprint density at radius 1 is 1.09 bits per heavy atom. The molecule has 0 aliphatic heterocycles. The van der Waals surface area contributed by atoms with Crippen molar-refractivity contribution in [1.29, 1.82) is 0 Å². The van der Waals surface area contributed by atoms with E-state index in [1.165, 1.54) is 50.9 Å². The predicted molar refractivity (Wildman–Crippen MR) is 124 cm³/mol. The summed E-state index contributed by atoms with van der Waals surface area (Å²) in [6.45, 7) is 0. The van der Waals surface area contributed by atoms with E-state index in [9.17, 15) is 9.50 Å². The smallest absolute Gasteiger partial charge is 0.206 e. The van der Waals surface area contributed by atoms with Crippen molar-refractivity contribution < 1.29 is 19.0 Å². The Labute approximate surface area is 190 Å². The van der Waals surface area contributed by atoms with Crippen LogP contribution in [-0.2, 0) is 0 Å². The van der Waals surface area contributed by atoms with Crippen LogP contribution in [0.2, 0.25) is 0 Å². The van der Waals surface area contributed by atoms with Crippen LogP contribution in [-0.4, -0.2) is 36.3 Å². The number of benzene rings is 2. The van der Waals surface area contributed by atoms with Gasteiger partial charge in [0, 0.05) is 16.5 Å². The van der Waals surface area contributed by atoms with Gasteiger partial charge in [-0.3, -0.25) is 4.99 Å². The van der Waals surface area contributed by atoms with Crippen LogP contribution in [0, 0.1) is 5.82 Å². The minimum absolute atomic E-state index is 0.0737. The molecule has 1 fully saturated rings. The molecule has 6 nitrogen and oxygen atoms in total. The number of phenols is 1. The summed E-state index contributed by atoms with van der Waals surface area (Å²) in [7, 11) is 2.95. The zero-order chi connectivity index (χ0) is 22.5. The molecule has 1 aliphatic carbocycles. The molecule has 0 saturated heterocycles. The van der Waals surface area contributed by atoms with E-state index >= 15 is 0 Å². The maximum absolute atomic E-state index is 14.6. The van der Waals surface area contributed by atoms with E-state index in [0.717, 1.165) is 17.6 Å². The van der Waals surface area contributed by atoms with Gasteiger partial charge in [-0.2, -0.15) is 5.10 Å². The number of hydrogen-bond donors (Lipinski definition) is 1. The Balaban J connectivity index is 1.80. The quantitative estimate of drug-likeness (QED) is 0.520. The van der Waals surface area contributed by atoms with Crippen LogP contribution in [0.15, 0.2) is 51.9 Å². The Morgan fingerprint density at radius 3 is 2.44 bits per heavy atom. The lowest BCUT2D eigenvalue weighted by atomic mass is 9.96. The number of aromatic hydroxyl groups is 1. The van der Waals surface area contributed by atoms with E-state index in [1.54, 1.807) is 41.2 Å². The zero-order valence-corrected chi connectivity index (χ0v) is 18.9. The van der Waals surface area contributed by atoms with Crippen molar-refractivity contribution in [3.63, 3.8) is 0 Å². The van der Waals surface area contributed by atoms with E-state index < -0.39 is 0 Å². The first-order valence-electron chi connectivity index (χ1n) is 10.6. The zero-order valence-electron chi connectivity index (χ0n) is 18.1. The molecule has 0 unspecified atom stereocenters. The second-order valence-corrected chi connectivity index (χ2v) is 8.47. The molecule has 4 rings (SSSR count). The second-order valence-electron chi connectivity index (χ2n) is 7.63. The standard InChI is InChI=1S/C24H26FN3O3S/c1-30-21-12-16(13-22(31-2)23(21)29)14-26-28-20(18-10-6-7-11-19(18)25)15-32-24(28)27-17-8-4-3-5-9-17/h6-7,10-15,17,29H,3-5,8-9H2,1-2H3. The molecule has 2 aromatic carbocycles. The van der Waals surface area contributed by atoms with Crippen LogP contribution in [0.1, 0.15) is 37.7 Å². The van der Waals surface area contributed by atoms with E-state index in [0.29, 0.717) is 16.8 Å². The van der Waals surface area contributed by atoms with Crippen LogP contribution in [0.4, 0.5) is 4.39 Å². The highest BCUT2D eigenvalue weighted by atomic mass is 32.1. The van der Waals surface area contributed by atoms with Crippen LogP contribution in [0.25, 0.3) is 11.3 Å². The summed E-state index contributed by atoms with van der Waals surface area (Å²) in [4.78, 5) is 5.67. The van der Waals surface area contributed by atoms with Crippen molar-refractivity contribution in [1.82, 2.24) is 4.68 Å². The number of ether oxygens (including phenoxy) is 2. The molecule has 1 heterocycles. The number of phenolic OH excluding ortho intramolecular Hbond substituents is 1. The number of halogens is 1. The number of rotatable bonds is 6. The number of aromatic nitrogens is 1. The molecule has 0 spiro atoms. The Morgan fingerprint density at radius 2 is 1.78 bits per heavy atom. The summed E-state index contributed by atoms with van der Waals surface area (Å²) in [5.74, 6) is 0.173. The summed E-state index contributed by atoms with van der Waals surface area (Å²) in [5, 5.41) is 16.7. The molecule has 1 aromatic heterocycles. The largest absolute Gasteiger partial charge is 0.502 e. The van der Waals surface area contributed by atoms with Crippen molar-refractivity contribution in [3.8, 4) is 28.5 Å². The van der Waals surface area contributed by atoms with E-state index in [1.807, 2.05) is 5.38 Å². The molecule has 0 bridgehead atoms. The fraction of sp³-hybridized carbons (Fsp3) is 0.333. The normalized spacial score (nSPS) is 15.4. The Hall–Kier alpha value is -3.13. The molecular formula is C24H26FN3O3S. The van der Waals surface area contributed by atoms with Gasteiger partial charge in [-0.1, -0.05) is 31.4 Å². The van der Waals surface area contributed by atoms with Gasteiger partial charge in [0.2, 0.25) is 10.6 Å². The lowest BCUT2D eigenvalue weighted by Crippen LogP contribution is -2.19. The fourth-order valence-electron chi connectivity index (χ4n) is 3.83. The third-order valence-electron chi connectivity index (χ3n) is 5.53. The number of methoxy groups -OCH3 is 2. The Bertz CT molecular complexity index is 1150. The van der Waals surface area contributed by atoms with E-state index in [-0.39, 0.29) is 29.1 Å². The van der Waals surface area contributed by atoms with Gasteiger partial charge in [-0.25, -0.2) is 9.07 Å². The summed E-state index contributed by atoms with van der Waals surface area (Å²) in [6, 6.07) is 10.2. The van der Waals surface area contributed by atoms with Crippen molar-refractivity contribution in [2.24, 2.45) is 10.1 Å².